The molecular weight excluding hydrogens is 348 g/mol. The molecule has 0 bridgehead atoms. The zero-order valence-electron chi connectivity index (χ0n) is 10.6. The molecule has 19 heavy (non-hydrogen) atoms. The number of sulfonamides is 1. The maximum atomic E-state index is 12.5. The van der Waals surface area contributed by atoms with Crippen LogP contribution in [-0.4, -0.2) is 50.3 Å². The van der Waals surface area contributed by atoms with Crippen molar-refractivity contribution in [2.75, 3.05) is 32.7 Å². The lowest BCUT2D eigenvalue weighted by Crippen LogP contribution is -2.48. The van der Waals surface area contributed by atoms with Gasteiger partial charge in [-0.25, -0.2) is 8.42 Å². The third-order valence-electron chi connectivity index (χ3n) is 3.11. The van der Waals surface area contributed by atoms with Gasteiger partial charge in [0, 0.05) is 31.1 Å². The van der Waals surface area contributed by atoms with E-state index in [0.717, 1.165) is 8.66 Å². The molecule has 0 amide bonds. The molecule has 0 spiro atoms. The summed E-state index contributed by atoms with van der Waals surface area (Å²) in [6, 6.07) is 1.68. The normalized spacial score (nSPS) is 18.4. The summed E-state index contributed by atoms with van der Waals surface area (Å²) in [5.41, 5.74) is 0. The quantitative estimate of drug-likeness (QED) is 0.769. The molecule has 1 saturated heterocycles. The van der Waals surface area contributed by atoms with Gasteiger partial charge in [-0.1, -0.05) is 5.92 Å². The van der Waals surface area contributed by atoms with Gasteiger partial charge in [-0.3, -0.25) is 4.90 Å². The van der Waals surface area contributed by atoms with E-state index < -0.39 is 10.0 Å². The van der Waals surface area contributed by atoms with Crippen LogP contribution in [0.5, 0.6) is 0 Å². The Hall–Kier alpha value is -0.390. The van der Waals surface area contributed by atoms with Gasteiger partial charge in [-0.05, 0) is 28.9 Å². The fraction of sp³-hybridized carbons (Fsp3) is 0.500. The molecule has 1 aliphatic rings. The summed E-state index contributed by atoms with van der Waals surface area (Å²) in [5.74, 6) is 2.59. The van der Waals surface area contributed by atoms with Crippen LogP contribution in [0, 0.1) is 19.3 Å². The first-order chi connectivity index (χ1) is 8.95. The molecule has 2 heterocycles. The van der Waals surface area contributed by atoms with E-state index in [9.17, 15) is 8.42 Å². The molecule has 1 fully saturated rings. The Morgan fingerprint density at radius 2 is 2.05 bits per heavy atom. The zero-order chi connectivity index (χ0) is 14.0. The van der Waals surface area contributed by atoms with Crippen LogP contribution in [0.4, 0.5) is 0 Å². The lowest BCUT2D eigenvalue weighted by atomic mass is 10.4. The fourth-order valence-electron chi connectivity index (χ4n) is 2.08. The summed E-state index contributed by atoms with van der Waals surface area (Å²) in [5, 5.41) is 0. The molecule has 1 aliphatic heterocycles. The van der Waals surface area contributed by atoms with Gasteiger partial charge in [-0.15, -0.1) is 17.8 Å². The third kappa shape index (κ3) is 3.20. The minimum atomic E-state index is -3.37. The smallest absolute Gasteiger partial charge is 0.244 e. The van der Waals surface area contributed by atoms with E-state index in [1.807, 2.05) is 6.92 Å². The van der Waals surface area contributed by atoms with Crippen LogP contribution in [0.25, 0.3) is 0 Å². The van der Waals surface area contributed by atoms with Crippen molar-refractivity contribution in [3.63, 3.8) is 0 Å². The van der Waals surface area contributed by atoms with Gasteiger partial charge in [-0.2, -0.15) is 4.31 Å². The number of thiophene rings is 1. The SMILES string of the molecule is C#CCN1CCN(S(=O)(=O)c2cc(Br)sc2C)CC1. The van der Waals surface area contributed by atoms with Gasteiger partial charge in [0.05, 0.1) is 15.2 Å². The summed E-state index contributed by atoms with van der Waals surface area (Å²) in [4.78, 5) is 3.32. The number of aryl methyl sites for hydroxylation is 1. The summed E-state index contributed by atoms with van der Waals surface area (Å²) >= 11 is 4.78. The number of piperazine rings is 1. The Kier molecular flexibility index (Phi) is 4.69. The minimum Gasteiger partial charge on any atom is -0.290 e. The van der Waals surface area contributed by atoms with Crippen molar-refractivity contribution in [1.82, 2.24) is 9.21 Å². The summed E-state index contributed by atoms with van der Waals surface area (Å²) < 4.78 is 27.5. The van der Waals surface area contributed by atoms with E-state index in [2.05, 4.69) is 26.8 Å². The van der Waals surface area contributed by atoms with Crippen molar-refractivity contribution in [1.29, 1.82) is 0 Å². The lowest BCUT2D eigenvalue weighted by molar-refractivity contribution is 0.207. The molecule has 4 nitrogen and oxygen atoms in total. The third-order valence-corrected chi connectivity index (χ3v) is 6.81. The molecule has 0 radical (unpaired) electrons. The number of nitrogens with zero attached hydrogens (tertiary/aromatic N) is 2. The van der Waals surface area contributed by atoms with Crippen LogP contribution >= 0.6 is 27.3 Å². The Balaban J connectivity index is 2.15. The van der Waals surface area contributed by atoms with Gasteiger partial charge >= 0.3 is 0 Å². The minimum absolute atomic E-state index is 0.412. The summed E-state index contributed by atoms with van der Waals surface area (Å²) in [6.07, 6.45) is 5.27. The van der Waals surface area contributed by atoms with Crippen LogP contribution < -0.4 is 0 Å². The molecule has 0 atom stereocenters. The zero-order valence-corrected chi connectivity index (χ0v) is 13.8. The van der Waals surface area contributed by atoms with Crippen molar-refractivity contribution < 1.29 is 8.42 Å². The Morgan fingerprint density at radius 3 is 2.53 bits per heavy atom. The molecule has 1 aromatic heterocycles. The van der Waals surface area contributed by atoms with Crippen LogP contribution in [0.3, 0.4) is 0 Å². The molecule has 1 aromatic rings. The standard InChI is InChI=1S/C12H15BrN2O2S2/c1-3-4-14-5-7-15(8-6-14)19(16,17)11-9-12(13)18-10(11)2/h1,9H,4-8H2,2H3. The second-order valence-corrected chi connectivity index (χ2v) is 8.90. The lowest BCUT2D eigenvalue weighted by Gasteiger charge is -2.32. The van der Waals surface area contributed by atoms with E-state index in [4.69, 9.17) is 6.42 Å². The summed E-state index contributed by atoms with van der Waals surface area (Å²) in [7, 11) is -3.37. The summed E-state index contributed by atoms with van der Waals surface area (Å²) in [6.45, 7) is 4.78. The molecular formula is C12H15BrN2O2S2. The Morgan fingerprint density at radius 1 is 1.42 bits per heavy atom. The van der Waals surface area contributed by atoms with E-state index >= 15 is 0 Å². The number of rotatable bonds is 3. The first-order valence-corrected chi connectivity index (χ1v) is 8.92. The second kappa shape index (κ2) is 5.94. The van der Waals surface area contributed by atoms with Crippen molar-refractivity contribution in [2.24, 2.45) is 0 Å². The molecule has 0 aliphatic carbocycles. The Bertz CT molecular complexity index is 596. The van der Waals surface area contributed by atoms with Crippen LogP contribution in [-0.2, 0) is 10.0 Å². The highest BCUT2D eigenvalue weighted by Gasteiger charge is 2.30. The molecule has 0 unspecified atom stereocenters. The highest BCUT2D eigenvalue weighted by molar-refractivity contribution is 9.11. The van der Waals surface area contributed by atoms with Crippen LogP contribution in [0.1, 0.15) is 4.88 Å². The maximum Gasteiger partial charge on any atom is 0.244 e. The molecule has 104 valence electrons. The molecule has 2 rings (SSSR count). The predicted octanol–water partition coefficient (Wildman–Crippen LogP) is 1.76. The second-order valence-electron chi connectivity index (χ2n) is 4.36. The van der Waals surface area contributed by atoms with Crippen LogP contribution in [0.15, 0.2) is 14.7 Å². The van der Waals surface area contributed by atoms with E-state index in [-0.39, 0.29) is 0 Å². The van der Waals surface area contributed by atoms with E-state index in [0.29, 0.717) is 37.6 Å². The van der Waals surface area contributed by atoms with Gasteiger partial charge in [0.1, 0.15) is 0 Å². The first-order valence-electron chi connectivity index (χ1n) is 5.87. The van der Waals surface area contributed by atoms with Gasteiger partial charge < -0.3 is 0 Å². The van der Waals surface area contributed by atoms with E-state index in [1.165, 1.54) is 11.3 Å². The number of terminal acetylenes is 1. The van der Waals surface area contributed by atoms with Gasteiger partial charge in [0.15, 0.2) is 0 Å². The average molecular weight is 363 g/mol. The molecule has 0 aromatic carbocycles. The predicted molar refractivity (Wildman–Crippen MR) is 80.8 cm³/mol. The fourth-order valence-corrected chi connectivity index (χ4v) is 5.89. The van der Waals surface area contributed by atoms with Gasteiger partial charge in [0.25, 0.3) is 0 Å². The first kappa shape index (κ1) is 15.0. The van der Waals surface area contributed by atoms with Crippen molar-refractivity contribution >= 4 is 37.3 Å². The topological polar surface area (TPSA) is 40.6 Å². The highest BCUT2D eigenvalue weighted by Crippen LogP contribution is 2.31. The molecule has 7 heteroatoms. The van der Waals surface area contributed by atoms with Crippen molar-refractivity contribution in [3.8, 4) is 12.3 Å². The maximum absolute atomic E-state index is 12.5. The van der Waals surface area contributed by atoms with Crippen LogP contribution in [0.2, 0.25) is 0 Å². The molecule has 0 N–H and O–H groups in total. The monoisotopic (exact) mass is 362 g/mol. The van der Waals surface area contributed by atoms with Gasteiger partial charge in [0.2, 0.25) is 10.0 Å². The van der Waals surface area contributed by atoms with Crippen molar-refractivity contribution in [3.05, 3.63) is 14.7 Å². The largest absolute Gasteiger partial charge is 0.290 e. The molecule has 0 saturated carbocycles. The van der Waals surface area contributed by atoms with E-state index in [1.54, 1.807) is 10.4 Å². The average Bonchev–Trinajstić information content (AvgIpc) is 2.70. The number of halogens is 1. The number of hydrogen-bond acceptors (Lipinski definition) is 4. The number of hydrogen-bond donors (Lipinski definition) is 0. The highest BCUT2D eigenvalue weighted by atomic mass is 79.9. The Labute approximate surface area is 126 Å². The van der Waals surface area contributed by atoms with Crippen molar-refractivity contribution in [2.45, 2.75) is 11.8 Å².